The number of amides is 1. The Morgan fingerprint density at radius 1 is 1.14 bits per heavy atom. The minimum atomic E-state index is -0.153. The summed E-state index contributed by atoms with van der Waals surface area (Å²) in [7, 11) is 0. The number of nitrogens with one attached hydrogen (secondary N) is 2. The molecule has 1 aromatic carbocycles. The summed E-state index contributed by atoms with van der Waals surface area (Å²) in [6.45, 7) is 8.54. The lowest BCUT2D eigenvalue weighted by molar-refractivity contribution is 0.0949. The zero-order valence-electron chi connectivity index (χ0n) is 17.0. The highest BCUT2D eigenvalue weighted by atomic mass is 16.1. The van der Waals surface area contributed by atoms with Crippen LogP contribution in [0, 0.1) is 6.92 Å². The van der Waals surface area contributed by atoms with Gasteiger partial charge in [-0.25, -0.2) is 9.97 Å². The highest BCUT2D eigenvalue weighted by Gasteiger charge is 2.14. The largest absolute Gasteiger partial charge is 0.361 e. The predicted octanol–water partition coefficient (Wildman–Crippen LogP) is 3.87. The SMILES string of the molecule is CCCN(CCC)c1cc(C(=O)NCCc2c[nH]c3ccccc23)nc(C)n1. The highest BCUT2D eigenvalue weighted by molar-refractivity contribution is 5.93. The molecule has 3 aromatic rings. The molecule has 0 radical (unpaired) electrons. The van der Waals surface area contributed by atoms with Crippen LogP contribution in [0.2, 0.25) is 0 Å². The second kappa shape index (κ2) is 9.35. The Kier molecular flexibility index (Phi) is 6.63. The molecule has 3 rings (SSSR count). The summed E-state index contributed by atoms with van der Waals surface area (Å²) in [6.07, 6.45) is 4.85. The summed E-state index contributed by atoms with van der Waals surface area (Å²) in [4.78, 5) is 27.0. The summed E-state index contributed by atoms with van der Waals surface area (Å²) in [6, 6.07) is 10.0. The van der Waals surface area contributed by atoms with Gasteiger partial charge in [-0.05, 0) is 37.8 Å². The van der Waals surface area contributed by atoms with Crippen LogP contribution in [0.15, 0.2) is 36.5 Å². The standard InChI is InChI=1S/C22H29N5O/c1-4-12-27(13-5-2)21-14-20(25-16(3)26-21)22(28)23-11-10-17-15-24-19-9-7-6-8-18(17)19/h6-9,14-15,24H,4-5,10-13H2,1-3H3,(H,23,28). The summed E-state index contributed by atoms with van der Waals surface area (Å²) < 4.78 is 0. The molecule has 0 unspecified atom stereocenters. The Morgan fingerprint density at radius 3 is 2.64 bits per heavy atom. The van der Waals surface area contributed by atoms with E-state index in [0.717, 1.165) is 43.7 Å². The number of hydrogen-bond donors (Lipinski definition) is 2. The fraction of sp³-hybridized carbons (Fsp3) is 0.409. The molecule has 6 nitrogen and oxygen atoms in total. The van der Waals surface area contributed by atoms with E-state index in [1.54, 1.807) is 6.07 Å². The van der Waals surface area contributed by atoms with Crippen molar-refractivity contribution in [2.45, 2.75) is 40.0 Å². The molecule has 0 aliphatic rings. The Bertz CT molecular complexity index is 928. The molecule has 0 aliphatic carbocycles. The lowest BCUT2D eigenvalue weighted by Gasteiger charge is -2.23. The van der Waals surface area contributed by atoms with E-state index in [1.807, 2.05) is 25.3 Å². The third-order valence-electron chi connectivity index (χ3n) is 4.72. The number of benzene rings is 1. The van der Waals surface area contributed by atoms with Crippen molar-refractivity contribution in [3.8, 4) is 0 Å². The van der Waals surface area contributed by atoms with Crippen LogP contribution in [-0.4, -0.2) is 40.5 Å². The minimum absolute atomic E-state index is 0.153. The summed E-state index contributed by atoms with van der Waals surface area (Å²) in [5.41, 5.74) is 2.75. The molecule has 0 saturated heterocycles. The van der Waals surface area contributed by atoms with Gasteiger partial charge in [0.15, 0.2) is 0 Å². The van der Waals surface area contributed by atoms with Gasteiger partial charge in [0.05, 0.1) is 0 Å². The average molecular weight is 380 g/mol. The van der Waals surface area contributed by atoms with Crippen LogP contribution in [0.4, 0.5) is 5.82 Å². The molecular formula is C22H29N5O. The molecule has 2 N–H and O–H groups in total. The number of aromatic amines is 1. The van der Waals surface area contributed by atoms with Crippen molar-refractivity contribution in [3.05, 3.63) is 53.6 Å². The van der Waals surface area contributed by atoms with Crippen LogP contribution in [0.5, 0.6) is 0 Å². The molecule has 148 valence electrons. The first-order valence-electron chi connectivity index (χ1n) is 10.1. The van der Waals surface area contributed by atoms with Gasteiger partial charge in [-0.1, -0.05) is 32.0 Å². The predicted molar refractivity (Wildman–Crippen MR) is 114 cm³/mol. The smallest absolute Gasteiger partial charge is 0.270 e. The highest BCUT2D eigenvalue weighted by Crippen LogP contribution is 2.18. The maximum Gasteiger partial charge on any atom is 0.270 e. The summed E-state index contributed by atoms with van der Waals surface area (Å²) in [5, 5.41) is 4.20. The first kappa shape index (κ1) is 19.9. The number of nitrogens with zero attached hydrogens (tertiary/aromatic N) is 3. The molecule has 0 atom stereocenters. The zero-order chi connectivity index (χ0) is 19.9. The van der Waals surface area contributed by atoms with Gasteiger partial charge in [-0.15, -0.1) is 0 Å². The average Bonchev–Trinajstić information content (AvgIpc) is 3.10. The molecule has 0 aliphatic heterocycles. The maximum absolute atomic E-state index is 12.7. The maximum atomic E-state index is 12.7. The molecule has 0 saturated carbocycles. The van der Waals surface area contributed by atoms with Crippen molar-refractivity contribution in [2.75, 3.05) is 24.5 Å². The van der Waals surface area contributed by atoms with E-state index in [1.165, 1.54) is 10.9 Å². The molecule has 0 bridgehead atoms. The zero-order valence-corrected chi connectivity index (χ0v) is 17.0. The monoisotopic (exact) mass is 379 g/mol. The van der Waals surface area contributed by atoms with Crippen LogP contribution in [0.25, 0.3) is 10.9 Å². The number of aryl methyl sites for hydroxylation is 1. The number of para-hydroxylation sites is 1. The molecule has 2 aromatic heterocycles. The number of carbonyl (C=O) groups is 1. The number of aromatic nitrogens is 3. The van der Waals surface area contributed by atoms with Gasteiger partial charge in [0, 0.05) is 42.8 Å². The molecule has 6 heteroatoms. The quantitative estimate of drug-likeness (QED) is 0.592. The number of H-pyrrole nitrogens is 1. The number of carbonyl (C=O) groups excluding carboxylic acids is 1. The Labute approximate surface area is 166 Å². The Hall–Kier alpha value is -2.89. The van der Waals surface area contributed by atoms with Crippen molar-refractivity contribution in [1.29, 1.82) is 0 Å². The van der Waals surface area contributed by atoms with Crippen molar-refractivity contribution in [2.24, 2.45) is 0 Å². The molecule has 1 amide bonds. The minimum Gasteiger partial charge on any atom is -0.361 e. The van der Waals surface area contributed by atoms with E-state index < -0.39 is 0 Å². The molecule has 28 heavy (non-hydrogen) atoms. The first-order valence-corrected chi connectivity index (χ1v) is 10.1. The normalized spacial score (nSPS) is 11.0. The van der Waals surface area contributed by atoms with Gasteiger partial charge < -0.3 is 15.2 Å². The second-order valence-electron chi connectivity index (χ2n) is 7.01. The van der Waals surface area contributed by atoms with E-state index in [4.69, 9.17) is 0 Å². The summed E-state index contributed by atoms with van der Waals surface area (Å²) in [5.74, 6) is 1.30. The van der Waals surface area contributed by atoms with Crippen molar-refractivity contribution >= 4 is 22.6 Å². The molecular weight excluding hydrogens is 350 g/mol. The van der Waals surface area contributed by atoms with Crippen LogP contribution in [0.3, 0.4) is 0 Å². The van der Waals surface area contributed by atoms with Gasteiger partial charge in [0.1, 0.15) is 17.3 Å². The van der Waals surface area contributed by atoms with Gasteiger partial charge in [0.25, 0.3) is 5.91 Å². The Balaban J connectivity index is 1.66. The first-order chi connectivity index (χ1) is 13.6. The number of rotatable bonds is 9. The topological polar surface area (TPSA) is 73.9 Å². The van der Waals surface area contributed by atoms with Crippen molar-refractivity contribution < 1.29 is 4.79 Å². The van der Waals surface area contributed by atoms with Crippen molar-refractivity contribution in [1.82, 2.24) is 20.3 Å². The van der Waals surface area contributed by atoms with Crippen LogP contribution in [-0.2, 0) is 6.42 Å². The fourth-order valence-electron chi connectivity index (χ4n) is 3.45. The number of fused-ring (bicyclic) bond motifs is 1. The summed E-state index contributed by atoms with van der Waals surface area (Å²) >= 11 is 0. The van der Waals surface area contributed by atoms with E-state index in [2.05, 4.69) is 51.1 Å². The Morgan fingerprint density at radius 2 is 1.89 bits per heavy atom. The molecule has 2 heterocycles. The fourth-order valence-corrected chi connectivity index (χ4v) is 3.45. The van der Waals surface area contributed by atoms with Crippen LogP contribution in [0.1, 0.15) is 48.6 Å². The van der Waals surface area contributed by atoms with E-state index in [9.17, 15) is 4.79 Å². The van der Waals surface area contributed by atoms with Crippen molar-refractivity contribution in [3.63, 3.8) is 0 Å². The molecule has 0 spiro atoms. The van der Waals surface area contributed by atoms with Gasteiger partial charge in [-0.2, -0.15) is 0 Å². The van der Waals surface area contributed by atoms with E-state index in [-0.39, 0.29) is 5.91 Å². The third-order valence-corrected chi connectivity index (χ3v) is 4.72. The van der Waals surface area contributed by atoms with Crippen LogP contribution >= 0.6 is 0 Å². The molecule has 0 fully saturated rings. The third kappa shape index (κ3) is 4.68. The number of anilines is 1. The van der Waals surface area contributed by atoms with Crippen LogP contribution < -0.4 is 10.2 Å². The van der Waals surface area contributed by atoms with E-state index >= 15 is 0 Å². The lowest BCUT2D eigenvalue weighted by Crippen LogP contribution is -2.29. The second-order valence-corrected chi connectivity index (χ2v) is 7.01. The van der Waals surface area contributed by atoms with Gasteiger partial charge in [0.2, 0.25) is 0 Å². The lowest BCUT2D eigenvalue weighted by atomic mass is 10.1. The van der Waals surface area contributed by atoms with E-state index in [0.29, 0.717) is 18.1 Å². The number of hydrogen-bond acceptors (Lipinski definition) is 4. The van der Waals surface area contributed by atoms with Gasteiger partial charge in [-0.3, -0.25) is 4.79 Å². The van der Waals surface area contributed by atoms with Gasteiger partial charge >= 0.3 is 0 Å².